The maximum atomic E-state index is 12.4. The van der Waals surface area contributed by atoms with Crippen LogP contribution in [0.15, 0.2) is 47.0 Å². The lowest BCUT2D eigenvalue weighted by molar-refractivity contribution is -0.385. The summed E-state index contributed by atoms with van der Waals surface area (Å²) in [5.41, 5.74) is 2.01. The van der Waals surface area contributed by atoms with Crippen LogP contribution < -0.4 is 9.47 Å². The number of aryl methyl sites for hydroxylation is 2. The molecule has 0 amide bonds. The molecule has 0 aliphatic rings. The third kappa shape index (κ3) is 4.57. The van der Waals surface area contributed by atoms with Gasteiger partial charge in [0.15, 0.2) is 11.5 Å². The molecule has 9 heteroatoms. The molecule has 1 heterocycles. The molecule has 156 valence electrons. The second-order valence-electron chi connectivity index (χ2n) is 6.42. The average molecular weight is 412 g/mol. The molecule has 0 saturated carbocycles. The molecule has 0 atom stereocenters. The van der Waals surface area contributed by atoms with Gasteiger partial charge in [0.05, 0.1) is 34.4 Å². The number of esters is 1. The SMILES string of the molecule is COc1cc(C(=O)OCc2ccccc2[N+](=O)[O-])ccc1OCc1c(C)noc1C. The molecule has 0 bridgehead atoms. The Balaban J connectivity index is 1.69. The molecule has 3 aromatic rings. The predicted molar refractivity (Wildman–Crippen MR) is 106 cm³/mol. The smallest absolute Gasteiger partial charge is 0.338 e. The van der Waals surface area contributed by atoms with Crippen LogP contribution in [0.1, 0.15) is 32.9 Å². The Morgan fingerprint density at radius 3 is 2.57 bits per heavy atom. The van der Waals surface area contributed by atoms with Crippen molar-refractivity contribution in [3.05, 3.63) is 80.7 Å². The summed E-state index contributed by atoms with van der Waals surface area (Å²) in [6.07, 6.45) is 0. The third-order valence-electron chi connectivity index (χ3n) is 4.50. The zero-order chi connectivity index (χ0) is 21.7. The van der Waals surface area contributed by atoms with Gasteiger partial charge in [0.1, 0.15) is 19.0 Å². The second-order valence-corrected chi connectivity index (χ2v) is 6.42. The monoisotopic (exact) mass is 412 g/mol. The van der Waals surface area contributed by atoms with E-state index in [9.17, 15) is 14.9 Å². The first-order valence-corrected chi connectivity index (χ1v) is 9.02. The highest BCUT2D eigenvalue weighted by molar-refractivity contribution is 5.90. The van der Waals surface area contributed by atoms with Gasteiger partial charge >= 0.3 is 5.97 Å². The summed E-state index contributed by atoms with van der Waals surface area (Å²) < 4.78 is 21.5. The van der Waals surface area contributed by atoms with Crippen LogP contribution in [0, 0.1) is 24.0 Å². The predicted octanol–water partition coefficient (Wildman–Crippen LogP) is 4.14. The van der Waals surface area contributed by atoms with Crippen LogP contribution >= 0.6 is 0 Å². The molecule has 0 saturated heterocycles. The van der Waals surface area contributed by atoms with Crippen molar-refractivity contribution in [2.24, 2.45) is 0 Å². The number of methoxy groups -OCH3 is 1. The minimum Gasteiger partial charge on any atom is -0.493 e. The van der Waals surface area contributed by atoms with Gasteiger partial charge in [-0.2, -0.15) is 0 Å². The van der Waals surface area contributed by atoms with Crippen molar-refractivity contribution in [2.45, 2.75) is 27.1 Å². The zero-order valence-electron chi connectivity index (χ0n) is 16.7. The topological polar surface area (TPSA) is 114 Å². The van der Waals surface area contributed by atoms with E-state index in [1.165, 1.54) is 31.4 Å². The van der Waals surface area contributed by atoms with Crippen molar-refractivity contribution in [3.63, 3.8) is 0 Å². The second kappa shape index (κ2) is 9.08. The standard InChI is InChI=1S/C21H20N2O7/c1-13-17(14(2)30-22-13)12-28-19-9-8-15(10-20(19)27-3)21(24)29-11-16-6-4-5-7-18(16)23(25)26/h4-10H,11-12H2,1-3H3. The number of benzene rings is 2. The number of ether oxygens (including phenoxy) is 3. The van der Waals surface area contributed by atoms with Crippen LogP contribution in [0.25, 0.3) is 0 Å². The number of carbonyl (C=O) groups is 1. The van der Waals surface area contributed by atoms with Crippen LogP contribution in [0.2, 0.25) is 0 Å². The molecule has 3 rings (SSSR count). The molecule has 0 radical (unpaired) electrons. The molecule has 0 fully saturated rings. The van der Waals surface area contributed by atoms with E-state index in [2.05, 4.69) is 5.16 Å². The van der Waals surface area contributed by atoms with Crippen LogP contribution in [-0.2, 0) is 18.0 Å². The Hall–Kier alpha value is -3.88. The van der Waals surface area contributed by atoms with Gasteiger partial charge in [0.25, 0.3) is 5.69 Å². The minimum atomic E-state index is -0.635. The Morgan fingerprint density at radius 2 is 1.90 bits per heavy atom. The number of para-hydroxylation sites is 1. The highest BCUT2D eigenvalue weighted by Gasteiger charge is 2.17. The van der Waals surface area contributed by atoms with Gasteiger partial charge in [0, 0.05) is 6.07 Å². The summed E-state index contributed by atoms with van der Waals surface area (Å²) in [6.45, 7) is 3.64. The molecule has 0 N–H and O–H groups in total. The molecule has 2 aromatic carbocycles. The Morgan fingerprint density at radius 1 is 1.13 bits per heavy atom. The van der Waals surface area contributed by atoms with Gasteiger partial charge in [-0.3, -0.25) is 10.1 Å². The zero-order valence-corrected chi connectivity index (χ0v) is 16.7. The van der Waals surface area contributed by atoms with Crippen molar-refractivity contribution < 1.29 is 28.5 Å². The molecule has 1 aromatic heterocycles. The highest BCUT2D eigenvalue weighted by Crippen LogP contribution is 2.30. The Bertz CT molecular complexity index is 1060. The fraction of sp³-hybridized carbons (Fsp3) is 0.238. The van der Waals surface area contributed by atoms with Crippen molar-refractivity contribution in [2.75, 3.05) is 7.11 Å². The minimum absolute atomic E-state index is 0.106. The fourth-order valence-electron chi connectivity index (χ4n) is 2.81. The number of rotatable bonds is 8. The molecule has 0 aliphatic carbocycles. The summed E-state index contributed by atoms with van der Waals surface area (Å²) in [5.74, 6) is 0.819. The molecule has 0 aliphatic heterocycles. The Kier molecular flexibility index (Phi) is 6.31. The molecule has 0 unspecified atom stereocenters. The van der Waals surface area contributed by atoms with Crippen LogP contribution in [0.5, 0.6) is 11.5 Å². The molecule has 9 nitrogen and oxygen atoms in total. The van der Waals surface area contributed by atoms with E-state index < -0.39 is 10.9 Å². The molecule has 30 heavy (non-hydrogen) atoms. The number of carbonyl (C=O) groups excluding carboxylic acids is 1. The van der Waals surface area contributed by atoms with Gasteiger partial charge in [-0.15, -0.1) is 0 Å². The van der Waals surface area contributed by atoms with Gasteiger partial charge < -0.3 is 18.7 Å². The number of nitrogens with zero attached hydrogens (tertiary/aromatic N) is 2. The first-order chi connectivity index (χ1) is 14.4. The normalized spacial score (nSPS) is 10.5. The summed E-state index contributed by atoms with van der Waals surface area (Å²) in [6, 6.07) is 10.7. The molecule has 0 spiro atoms. The quantitative estimate of drug-likeness (QED) is 0.308. The van der Waals surface area contributed by atoms with Crippen molar-refractivity contribution >= 4 is 11.7 Å². The van der Waals surface area contributed by atoms with E-state index >= 15 is 0 Å². The van der Waals surface area contributed by atoms with E-state index in [0.717, 1.165) is 11.3 Å². The van der Waals surface area contributed by atoms with Gasteiger partial charge in [-0.1, -0.05) is 17.3 Å². The summed E-state index contributed by atoms with van der Waals surface area (Å²) in [5, 5.41) is 15.0. The van der Waals surface area contributed by atoms with E-state index in [-0.39, 0.29) is 24.5 Å². The first kappa shape index (κ1) is 20.8. The maximum absolute atomic E-state index is 12.4. The number of hydrogen-bond donors (Lipinski definition) is 0. The van der Waals surface area contributed by atoms with E-state index in [1.807, 2.05) is 6.92 Å². The van der Waals surface area contributed by atoms with Crippen LogP contribution in [0.3, 0.4) is 0 Å². The van der Waals surface area contributed by atoms with E-state index in [1.54, 1.807) is 25.1 Å². The molecular weight excluding hydrogens is 392 g/mol. The lowest BCUT2D eigenvalue weighted by atomic mass is 10.2. The average Bonchev–Trinajstić information content (AvgIpc) is 3.07. The lowest BCUT2D eigenvalue weighted by Crippen LogP contribution is -2.07. The van der Waals surface area contributed by atoms with Gasteiger partial charge in [-0.25, -0.2) is 4.79 Å². The van der Waals surface area contributed by atoms with Crippen molar-refractivity contribution in [3.8, 4) is 11.5 Å². The largest absolute Gasteiger partial charge is 0.493 e. The van der Waals surface area contributed by atoms with Crippen LogP contribution in [0.4, 0.5) is 5.69 Å². The first-order valence-electron chi connectivity index (χ1n) is 9.02. The van der Waals surface area contributed by atoms with E-state index in [0.29, 0.717) is 22.8 Å². The summed E-state index contributed by atoms with van der Waals surface area (Å²) in [4.78, 5) is 23.0. The third-order valence-corrected chi connectivity index (χ3v) is 4.50. The number of nitro groups is 1. The van der Waals surface area contributed by atoms with Gasteiger partial charge in [-0.05, 0) is 38.1 Å². The summed E-state index contributed by atoms with van der Waals surface area (Å²) in [7, 11) is 1.46. The number of nitro benzene ring substituents is 1. The highest BCUT2D eigenvalue weighted by atomic mass is 16.6. The van der Waals surface area contributed by atoms with Crippen LogP contribution in [-0.4, -0.2) is 23.2 Å². The summed E-state index contributed by atoms with van der Waals surface area (Å²) >= 11 is 0. The van der Waals surface area contributed by atoms with Gasteiger partial charge in [0.2, 0.25) is 0 Å². The maximum Gasteiger partial charge on any atom is 0.338 e. The number of aromatic nitrogens is 1. The Labute approximate surface area is 172 Å². The lowest BCUT2D eigenvalue weighted by Gasteiger charge is -2.12. The fourth-order valence-corrected chi connectivity index (χ4v) is 2.81. The van der Waals surface area contributed by atoms with E-state index in [4.69, 9.17) is 18.7 Å². The number of hydrogen-bond acceptors (Lipinski definition) is 8. The molecular formula is C21H20N2O7. The van der Waals surface area contributed by atoms with Crippen molar-refractivity contribution in [1.82, 2.24) is 5.16 Å². The van der Waals surface area contributed by atoms with Crippen molar-refractivity contribution in [1.29, 1.82) is 0 Å².